The molecular formula is C24H28N4O2. The second-order valence-electron chi connectivity index (χ2n) is 8.26. The Morgan fingerprint density at radius 1 is 1.13 bits per heavy atom. The number of aryl methyl sites for hydroxylation is 1. The lowest BCUT2D eigenvalue weighted by molar-refractivity contribution is 0.150. The predicted molar refractivity (Wildman–Crippen MR) is 117 cm³/mol. The molecule has 0 atom stereocenters. The zero-order valence-corrected chi connectivity index (χ0v) is 17.6. The van der Waals surface area contributed by atoms with Gasteiger partial charge in [0.05, 0.1) is 29.7 Å². The zero-order chi connectivity index (χ0) is 20.7. The van der Waals surface area contributed by atoms with Crippen LogP contribution in [0.3, 0.4) is 0 Å². The van der Waals surface area contributed by atoms with Gasteiger partial charge in [-0.2, -0.15) is 0 Å². The van der Waals surface area contributed by atoms with Crippen LogP contribution in [-0.2, 0) is 12.1 Å². The number of fused-ring (bicyclic) bond motifs is 4. The van der Waals surface area contributed by atoms with Crippen LogP contribution in [0.4, 0.5) is 10.5 Å². The van der Waals surface area contributed by atoms with E-state index in [2.05, 4.69) is 65.2 Å². The molecule has 2 amide bonds. The molecule has 2 aliphatic rings. The van der Waals surface area contributed by atoms with Crippen LogP contribution in [0.25, 0.3) is 5.69 Å². The molecule has 1 fully saturated rings. The first kappa shape index (κ1) is 18.9. The Balaban J connectivity index is 1.39. The maximum Gasteiger partial charge on any atom is 0.317 e. The van der Waals surface area contributed by atoms with E-state index in [0.29, 0.717) is 6.54 Å². The second kappa shape index (κ2) is 7.27. The van der Waals surface area contributed by atoms with Gasteiger partial charge in [-0.1, -0.05) is 6.07 Å². The maximum atomic E-state index is 12.7. The Bertz CT molecular complexity index is 1050. The standard InChI is InChI=1S/C24H28N4O2/c1-3-28-21-16-18(2)8-9-20(21)27-12-4-7-22(27)24(28)10-13-26(14-11-24)23(29)25-17-19-6-5-15-30-19/h4-9,12,15-16H,3,10-11,13-14,17H2,1-2H3,(H,25,29). The van der Waals surface area contributed by atoms with Crippen molar-refractivity contribution in [3.8, 4) is 5.69 Å². The van der Waals surface area contributed by atoms with Crippen LogP contribution < -0.4 is 10.2 Å². The Morgan fingerprint density at radius 2 is 1.97 bits per heavy atom. The van der Waals surface area contributed by atoms with Crippen molar-refractivity contribution in [2.24, 2.45) is 0 Å². The minimum Gasteiger partial charge on any atom is -0.467 e. The summed E-state index contributed by atoms with van der Waals surface area (Å²) in [5.41, 5.74) is 5.05. The summed E-state index contributed by atoms with van der Waals surface area (Å²) in [6.45, 7) is 7.20. The highest BCUT2D eigenvalue weighted by atomic mass is 16.3. The second-order valence-corrected chi connectivity index (χ2v) is 8.26. The van der Waals surface area contributed by atoms with E-state index >= 15 is 0 Å². The number of hydrogen-bond donors (Lipinski definition) is 1. The Hall–Kier alpha value is -3.15. The number of rotatable bonds is 3. The van der Waals surface area contributed by atoms with Crippen molar-refractivity contribution in [2.45, 2.75) is 38.8 Å². The summed E-state index contributed by atoms with van der Waals surface area (Å²) in [6.07, 6.45) is 5.61. The van der Waals surface area contributed by atoms with Crippen molar-refractivity contribution in [2.75, 3.05) is 24.5 Å². The number of urea groups is 1. The van der Waals surface area contributed by atoms with Crippen LogP contribution >= 0.6 is 0 Å². The number of aromatic nitrogens is 1. The molecule has 6 heteroatoms. The number of anilines is 1. The summed E-state index contributed by atoms with van der Waals surface area (Å²) in [7, 11) is 0. The number of amides is 2. The molecule has 30 heavy (non-hydrogen) atoms. The minimum atomic E-state index is -0.0865. The van der Waals surface area contributed by atoms with Crippen molar-refractivity contribution in [3.05, 3.63) is 71.9 Å². The highest BCUT2D eigenvalue weighted by molar-refractivity contribution is 5.75. The van der Waals surface area contributed by atoms with E-state index in [0.717, 1.165) is 38.2 Å². The van der Waals surface area contributed by atoms with Gasteiger partial charge in [-0.3, -0.25) is 0 Å². The molecule has 1 N–H and O–H groups in total. The molecule has 1 aromatic carbocycles. The monoisotopic (exact) mass is 404 g/mol. The number of carbonyl (C=O) groups is 1. The van der Waals surface area contributed by atoms with Crippen LogP contribution in [0.5, 0.6) is 0 Å². The van der Waals surface area contributed by atoms with Gasteiger partial charge in [-0.05, 0) is 68.7 Å². The van der Waals surface area contributed by atoms with Crippen LogP contribution in [0.15, 0.2) is 59.3 Å². The van der Waals surface area contributed by atoms with E-state index in [-0.39, 0.29) is 11.6 Å². The molecule has 4 heterocycles. The lowest BCUT2D eigenvalue weighted by Crippen LogP contribution is -2.57. The molecule has 2 aliphatic heterocycles. The van der Waals surface area contributed by atoms with Crippen molar-refractivity contribution >= 4 is 11.7 Å². The fourth-order valence-electron chi connectivity index (χ4n) is 5.16. The molecule has 0 unspecified atom stereocenters. The molecule has 6 nitrogen and oxygen atoms in total. The third kappa shape index (κ3) is 2.90. The molecule has 1 saturated heterocycles. The molecule has 156 valence electrons. The Kier molecular flexibility index (Phi) is 4.57. The number of benzene rings is 1. The first-order valence-electron chi connectivity index (χ1n) is 10.7. The van der Waals surface area contributed by atoms with Crippen LogP contribution in [-0.4, -0.2) is 35.1 Å². The summed E-state index contributed by atoms with van der Waals surface area (Å²) >= 11 is 0. The molecule has 0 radical (unpaired) electrons. The molecule has 0 aliphatic carbocycles. The van der Waals surface area contributed by atoms with Crippen LogP contribution in [0.1, 0.15) is 36.8 Å². The summed E-state index contributed by atoms with van der Waals surface area (Å²) in [6, 6.07) is 14.8. The number of piperidine rings is 1. The summed E-state index contributed by atoms with van der Waals surface area (Å²) in [5.74, 6) is 0.770. The van der Waals surface area contributed by atoms with Gasteiger partial charge >= 0.3 is 6.03 Å². The van der Waals surface area contributed by atoms with Crippen molar-refractivity contribution in [1.82, 2.24) is 14.8 Å². The van der Waals surface area contributed by atoms with E-state index in [4.69, 9.17) is 4.42 Å². The Morgan fingerprint density at radius 3 is 2.70 bits per heavy atom. The van der Waals surface area contributed by atoms with Gasteiger partial charge in [0.15, 0.2) is 0 Å². The lowest BCUT2D eigenvalue weighted by atomic mass is 9.80. The molecule has 1 spiro atoms. The fourth-order valence-corrected chi connectivity index (χ4v) is 5.16. The number of nitrogens with one attached hydrogen (secondary N) is 1. The van der Waals surface area contributed by atoms with E-state index in [1.807, 2.05) is 17.0 Å². The molecular weight excluding hydrogens is 376 g/mol. The Labute approximate surface area is 177 Å². The molecule has 0 bridgehead atoms. The third-order valence-corrected chi connectivity index (χ3v) is 6.61. The quantitative estimate of drug-likeness (QED) is 0.703. The van der Waals surface area contributed by atoms with Gasteiger partial charge < -0.3 is 24.1 Å². The van der Waals surface area contributed by atoms with Gasteiger partial charge in [0, 0.05) is 31.5 Å². The van der Waals surface area contributed by atoms with Gasteiger partial charge in [0.25, 0.3) is 0 Å². The summed E-state index contributed by atoms with van der Waals surface area (Å²) in [4.78, 5) is 17.2. The topological polar surface area (TPSA) is 53.6 Å². The average Bonchev–Trinajstić information content (AvgIpc) is 3.45. The number of carbonyl (C=O) groups excluding carboxylic acids is 1. The number of hydrogen-bond acceptors (Lipinski definition) is 3. The minimum absolute atomic E-state index is 0.0215. The number of nitrogens with zero attached hydrogens (tertiary/aromatic N) is 3. The van der Waals surface area contributed by atoms with Crippen LogP contribution in [0.2, 0.25) is 0 Å². The smallest absolute Gasteiger partial charge is 0.317 e. The van der Waals surface area contributed by atoms with Gasteiger partial charge in [-0.25, -0.2) is 4.79 Å². The first-order valence-corrected chi connectivity index (χ1v) is 10.7. The van der Waals surface area contributed by atoms with Gasteiger partial charge in [0.2, 0.25) is 0 Å². The maximum absolute atomic E-state index is 12.7. The normalized spacial score (nSPS) is 17.0. The van der Waals surface area contributed by atoms with Crippen molar-refractivity contribution in [3.63, 3.8) is 0 Å². The number of furan rings is 1. The summed E-state index contributed by atoms with van der Waals surface area (Å²) < 4.78 is 7.66. The van der Waals surface area contributed by atoms with E-state index in [1.165, 1.54) is 22.6 Å². The molecule has 2 aromatic heterocycles. The largest absolute Gasteiger partial charge is 0.467 e. The first-order chi connectivity index (χ1) is 14.6. The molecule has 0 saturated carbocycles. The fraction of sp³-hybridized carbons (Fsp3) is 0.375. The van der Waals surface area contributed by atoms with E-state index in [1.54, 1.807) is 6.26 Å². The summed E-state index contributed by atoms with van der Waals surface area (Å²) in [5, 5.41) is 2.98. The molecule has 3 aromatic rings. The zero-order valence-electron chi connectivity index (χ0n) is 17.6. The third-order valence-electron chi connectivity index (χ3n) is 6.61. The highest BCUT2D eigenvalue weighted by Gasteiger charge is 2.46. The molecule has 5 rings (SSSR count). The predicted octanol–water partition coefficient (Wildman–Crippen LogP) is 4.42. The SMILES string of the molecule is CCN1c2cc(C)ccc2-n2cccc2C12CCN(C(=O)NCc1ccco1)CC2. The lowest BCUT2D eigenvalue weighted by Gasteiger charge is -2.53. The van der Waals surface area contributed by atoms with Crippen molar-refractivity contribution < 1.29 is 9.21 Å². The van der Waals surface area contributed by atoms with Gasteiger partial charge in [0.1, 0.15) is 5.76 Å². The van der Waals surface area contributed by atoms with Crippen molar-refractivity contribution in [1.29, 1.82) is 0 Å². The van der Waals surface area contributed by atoms with Crippen LogP contribution in [0, 0.1) is 6.92 Å². The van der Waals surface area contributed by atoms with E-state index < -0.39 is 0 Å². The highest BCUT2D eigenvalue weighted by Crippen LogP contribution is 2.48. The van der Waals surface area contributed by atoms with E-state index in [9.17, 15) is 4.79 Å². The number of likely N-dealkylation sites (tertiary alicyclic amines) is 1. The average molecular weight is 405 g/mol. The van der Waals surface area contributed by atoms with Gasteiger partial charge in [-0.15, -0.1) is 0 Å².